The summed E-state index contributed by atoms with van der Waals surface area (Å²) in [5.74, 6) is 1.05. The van der Waals surface area contributed by atoms with Crippen molar-refractivity contribution in [2.24, 2.45) is 0 Å². The summed E-state index contributed by atoms with van der Waals surface area (Å²) in [5.41, 5.74) is 2.77. The molecule has 23 heavy (non-hydrogen) atoms. The van der Waals surface area contributed by atoms with Crippen molar-refractivity contribution in [2.75, 3.05) is 18.5 Å². The summed E-state index contributed by atoms with van der Waals surface area (Å²) in [6.07, 6.45) is 6.03. The van der Waals surface area contributed by atoms with Crippen molar-refractivity contribution in [1.82, 2.24) is 9.55 Å². The number of carbonyl (C=O) groups is 1. The second-order valence-corrected chi connectivity index (χ2v) is 5.85. The zero-order valence-corrected chi connectivity index (χ0v) is 12.9. The third-order valence-corrected chi connectivity index (χ3v) is 4.24. The number of carbonyl (C=O) groups excluding carboxylic acids is 1. The lowest BCUT2D eigenvalue weighted by Crippen LogP contribution is -2.21. The lowest BCUT2D eigenvalue weighted by Gasteiger charge is -2.15. The Hall–Kier alpha value is -2.50. The van der Waals surface area contributed by atoms with Gasteiger partial charge in [0.1, 0.15) is 25.3 Å². The van der Waals surface area contributed by atoms with Gasteiger partial charge in [-0.05, 0) is 31.0 Å². The van der Waals surface area contributed by atoms with Crippen molar-refractivity contribution in [3.63, 3.8) is 0 Å². The van der Waals surface area contributed by atoms with Crippen LogP contribution in [0.2, 0.25) is 0 Å². The van der Waals surface area contributed by atoms with Crippen LogP contribution in [0.3, 0.4) is 0 Å². The van der Waals surface area contributed by atoms with Gasteiger partial charge in [-0.1, -0.05) is 6.42 Å². The van der Waals surface area contributed by atoms with E-state index < -0.39 is 0 Å². The molecular weight excluding hydrogens is 294 g/mol. The number of nitrogens with one attached hydrogen (secondary N) is 1. The largest absolute Gasteiger partial charge is 0.494 e. The maximum absolute atomic E-state index is 12.1. The third-order valence-electron chi connectivity index (χ3n) is 4.24. The van der Waals surface area contributed by atoms with Gasteiger partial charge >= 0.3 is 0 Å². The van der Waals surface area contributed by atoms with E-state index in [-0.39, 0.29) is 11.7 Å². The molecule has 0 radical (unpaired) electrons. The van der Waals surface area contributed by atoms with Crippen LogP contribution in [0.1, 0.15) is 25.1 Å². The second-order valence-electron chi connectivity index (χ2n) is 5.85. The molecule has 0 atom stereocenters. The summed E-state index contributed by atoms with van der Waals surface area (Å²) in [4.78, 5) is 16.9. The predicted octanol–water partition coefficient (Wildman–Crippen LogP) is 2.59. The van der Waals surface area contributed by atoms with Crippen LogP contribution >= 0.6 is 0 Å². The van der Waals surface area contributed by atoms with Crippen LogP contribution in [0.25, 0.3) is 11.0 Å². The Balaban J connectivity index is 1.59. The Kier molecular flexibility index (Phi) is 3.65. The standard InChI is InChI=1S/C17H19N3O3/c21-17(15-11-22-8-9-23-15)18-12-5-6-14-13(10-12)19-16-4-2-1-3-7-20(14)16/h5-6,10-11H,1-4,7-9H2,(H,18,21). The maximum atomic E-state index is 12.1. The number of hydrogen-bond donors (Lipinski definition) is 1. The van der Waals surface area contributed by atoms with Crippen LogP contribution in [0.4, 0.5) is 5.69 Å². The molecular formula is C17H19N3O3. The van der Waals surface area contributed by atoms with Crippen molar-refractivity contribution in [3.05, 3.63) is 36.0 Å². The number of aryl methyl sites for hydroxylation is 2. The molecule has 0 saturated heterocycles. The number of rotatable bonds is 2. The summed E-state index contributed by atoms with van der Waals surface area (Å²) in [6, 6.07) is 5.85. The minimum absolute atomic E-state index is 0.206. The molecule has 2 aromatic rings. The van der Waals surface area contributed by atoms with Crippen LogP contribution in [0.5, 0.6) is 0 Å². The fourth-order valence-electron chi connectivity index (χ4n) is 3.11. The highest BCUT2D eigenvalue weighted by atomic mass is 16.6. The Bertz CT molecular complexity index is 779. The van der Waals surface area contributed by atoms with E-state index in [0.29, 0.717) is 18.9 Å². The molecule has 3 heterocycles. The van der Waals surface area contributed by atoms with Gasteiger partial charge in [-0.3, -0.25) is 4.79 Å². The van der Waals surface area contributed by atoms with Crippen molar-refractivity contribution in [3.8, 4) is 0 Å². The SMILES string of the molecule is O=C(Nc1ccc2c(c1)nc1n2CCCCC1)C1=COCCO1. The molecule has 0 fully saturated rings. The molecule has 120 valence electrons. The third kappa shape index (κ3) is 2.76. The van der Waals surface area contributed by atoms with E-state index in [2.05, 4.69) is 9.88 Å². The lowest BCUT2D eigenvalue weighted by atomic mass is 10.2. The van der Waals surface area contributed by atoms with Crippen molar-refractivity contribution < 1.29 is 14.3 Å². The van der Waals surface area contributed by atoms with Gasteiger partial charge in [0.15, 0.2) is 0 Å². The van der Waals surface area contributed by atoms with Crippen LogP contribution < -0.4 is 5.32 Å². The highest BCUT2D eigenvalue weighted by molar-refractivity contribution is 6.03. The number of imidazole rings is 1. The first-order valence-electron chi connectivity index (χ1n) is 8.06. The smallest absolute Gasteiger partial charge is 0.294 e. The molecule has 0 aliphatic carbocycles. The Labute approximate surface area is 134 Å². The molecule has 2 aliphatic rings. The van der Waals surface area contributed by atoms with Crippen LogP contribution in [0, 0.1) is 0 Å². The molecule has 1 aromatic heterocycles. The first-order valence-corrected chi connectivity index (χ1v) is 8.06. The fourth-order valence-corrected chi connectivity index (χ4v) is 3.11. The quantitative estimate of drug-likeness (QED) is 0.925. The zero-order valence-electron chi connectivity index (χ0n) is 12.9. The van der Waals surface area contributed by atoms with Crippen LogP contribution in [-0.4, -0.2) is 28.7 Å². The molecule has 2 aliphatic heterocycles. The van der Waals surface area contributed by atoms with Crippen molar-refractivity contribution >= 4 is 22.6 Å². The van der Waals surface area contributed by atoms with Gasteiger partial charge in [-0.25, -0.2) is 4.98 Å². The van der Waals surface area contributed by atoms with E-state index >= 15 is 0 Å². The van der Waals surface area contributed by atoms with E-state index in [4.69, 9.17) is 14.5 Å². The van der Waals surface area contributed by atoms with E-state index in [1.807, 2.05) is 18.2 Å². The molecule has 0 saturated carbocycles. The summed E-state index contributed by atoms with van der Waals surface area (Å²) >= 11 is 0. The summed E-state index contributed by atoms with van der Waals surface area (Å²) < 4.78 is 12.7. The molecule has 0 bridgehead atoms. The predicted molar refractivity (Wildman–Crippen MR) is 85.9 cm³/mol. The highest BCUT2D eigenvalue weighted by Crippen LogP contribution is 2.24. The van der Waals surface area contributed by atoms with Gasteiger partial charge in [0.2, 0.25) is 5.76 Å². The molecule has 1 N–H and O–H groups in total. The Morgan fingerprint density at radius 3 is 3.04 bits per heavy atom. The number of hydrogen-bond acceptors (Lipinski definition) is 4. The summed E-state index contributed by atoms with van der Waals surface area (Å²) in [6.45, 7) is 1.89. The van der Waals surface area contributed by atoms with Crippen molar-refractivity contribution in [2.45, 2.75) is 32.2 Å². The van der Waals surface area contributed by atoms with E-state index in [1.54, 1.807) is 0 Å². The molecule has 1 aromatic carbocycles. The maximum Gasteiger partial charge on any atom is 0.294 e. The number of anilines is 1. The number of ether oxygens (including phenoxy) is 2. The first kappa shape index (κ1) is 14.1. The summed E-state index contributed by atoms with van der Waals surface area (Å²) in [7, 11) is 0. The molecule has 0 spiro atoms. The molecule has 0 unspecified atom stereocenters. The second kappa shape index (κ2) is 5.95. The average molecular weight is 313 g/mol. The highest BCUT2D eigenvalue weighted by Gasteiger charge is 2.17. The number of aromatic nitrogens is 2. The van der Waals surface area contributed by atoms with E-state index in [0.717, 1.165) is 29.8 Å². The Morgan fingerprint density at radius 1 is 1.22 bits per heavy atom. The Morgan fingerprint density at radius 2 is 2.17 bits per heavy atom. The number of fused-ring (bicyclic) bond motifs is 3. The number of amides is 1. The molecule has 4 rings (SSSR count). The van der Waals surface area contributed by atoms with Gasteiger partial charge in [0.25, 0.3) is 5.91 Å². The molecule has 6 nitrogen and oxygen atoms in total. The van der Waals surface area contributed by atoms with Crippen molar-refractivity contribution in [1.29, 1.82) is 0 Å². The minimum Gasteiger partial charge on any atom is -0.494 e. The topological polar surface area (TPSA) is 65.4 Å². The normalized spacial score (nSPS) is 17.5. The van der Waals surface area contributed by atoms with Crippen LogP contribution in [0.15, 0.2) is 30.2 Å². The van der Waals surface area contributed by atoms with Gasteiger partial charge in [0, 0.05) is 18.7 Å². The van der Waals surface area contributed by atoms with Gasteiger partial charge in [-0.15, -0.1) is 0 Å². The number of nitrogens with zero attached hydrogens (tertiary/aromatic N) is 2. The average Bonchev–Trinajstić information content (AvgIpc) is 2.76. The van der Waals surface area contributed by atoms with E-state index in [9.17, 15) is 4.79 Å². The van der Waals surface area contributed by atoms with Gasteiger partial charge < -0.3 is 19.4 Å². The molecule has 1 amide bonds. The van der Waals surface area contributed by atoms with Crippen LogP contribution in [-0.2, 0) is 27.2 Å². The fraction of sp³-hybridized carbons (Fsp3) is 0.412. The number of benzene rings is 1. The minimum atomic E-state index is -0.301. The van der Waals surface area contributed by atoms with Gasteiger partial charge in [-0.2, -0.15) is 0 Å². The molecule has 6 heteroatoms. The van der Waals surface area contributed by atoms with E-state index in [1.165, 1.54) is 25.5 Å². The monoisotopic (exact) mass is 313 g/mol. The zero-order chi connectivity index (χ0) is 15.6. The van der Waals surface area contributed by atoms with Gasteiger partial charge in [0.05, 0.1) is 11.0 Å². The lowest BCUT2D eigenvalue weighted by molar-refractivity contribution is -0.117. The first-order chi connectivity index (χ1) is 11.3. The summed E-state index contributed by atoms with van der Waals surface area (Å²) in [5, 5.41) is 2.84.